The number of carbonyl (C=O) groups is 1. The zero-order valence-corrected chi connectivity index (χ0v) is 15.2. The molecular formula is C18H25N3O3S. The van der Waals surface area contributed by atoms with Gasteiger partial charge >= 0.3 is 0 Å². The summed E-state index contributed by atoms with van der Waals surface area (Å²) in [6.45, 7) is 2.35. The first kappa shape index (κ1) is 17.0. The summed E-state index contributed by atoms with van der Waals surface area (Å²) in [5, 5.41) is -0.155. The first-order valence-corrected chi connectivity index (χ1v) is 10.7. The molecule has 1 atom stereocenters. The molecular weight excluding hydrogens is 338 g/mol. The van der Waals surface area contributed by atoms with Crippen LogP contribution in [0.2, 0.25) is 0 Å². The molecule has 1 aliphatic carbocycles. The summed E-state index contributed by atoms with van der Waals surface area (Å²) in [6.07, 6.45) is 6.52. The number of aromatic nitrogens is 1. The number of carbonyl (C=O) groups excluding carboxylic acids is 1. The third kappa shape index (κ3) is 3.44. The summed E-state index contributed by atoms with van der Waals surface area (Å²) in [5.74, 6) is 0.151. The highest BCUT2D eigenvalue weighted by Crippen LogP contribution is 2.42. The van der Waals surface area contributed by atoms with Gasteiger partial charge in [0.1, 0.15) is 0 Å². The molecule has 3 heterocycles. The number of amides is 1. The lowest BCUT2D eigenvalue weighted by molar-refractivity contribution is -0.139. The molecule has 1 unspecified atom stereocenters. The molecule has 136 valence electrons. The second-order valence-electron chi connectivity index (χ2n) is 7.75. The molecule has 2 aliphatic heterocycles. The Hall–Kier alpha value is -1.47. The number of likely N-dealkylation sites (tertiary alicyclic amines) is 1. The van der Waals surface area contributed by atoms with Crippen LogP contribution in [0.3, 0.4) is 0 Å². The topological polar surface area (TPSA) is 70.6 Å². The van der Waals surface area contributed by atoms with Gasteiger partial charge in [-0.15, -0.1) is 0 Å². The van der Waals surface area contributed by atoms with Crippen molar-refractivity contribution in [2.24, 2.45) is 5.41 Å². The summed E-state index contributed by atoms with van der Waals surface area (Å²) < 4.78 is 27.0. The highest BCUT2D eigenvalue weighted by molar-refractivity contribution is 7.90. The van der Waals surface area contributed by atoms with E-state index in [0.717, 1.165) is 37.8 Å². The van der Waals surface area contributed by atoms with Gasteiger partial charge in [0.2, 0.25) is 15.9 Å². The Kier molecular flexibility index (Phi) is 4.32. The van der Waals surface area contributed by atoms with Crippen molar-refractivity contribution >= 4 is 15.9 Å². The van der Waals surface area contributed by atoms with Crippen LogP contribution in [0.1, 0.15) is 44.2 Å². The molecule has 25 heavy (non-hydrogen) atoms. The molecule has 4 rings (SSSR count). The lowest BCUT2D eigenvalue weighted by Crippen LogP contribution is -2.55. The van der Waals surface area contributed by atoms with E-state index in [0.29, 0.717) is 32.6 Å². The van der Waals surface area contributed by atoms with Crippen molar-refractivity contribution in [1.82, 2.24) is 14.2 Å². The van der Waals surface area contributed by atoms with Crippen molar-refractivity contribution < 1.29 is 13.2 Å². The maximum atomic E-state index is 12.6. The number of hydrogen-bond acceptors (Lipinski definition) is 4. The van der Waals surface area contributed by atoms with Crippen LogP contribution in [0.4, 0.5) is 0 Å². The lowest BCUT2D eigenvalue weighted by Gasteiger charge is -2.47. The molecule has 2 saturated heterocycles. The lowest BCUT2D eigenvalue weighted by atomic mass is 9.74. The molecule has 0 bridgehead atoms. The van der Waals surface area contributed by atoms with Gasteiger partial charge in [0.25, 0.3) is 0 Å². The summed E-state index contributed by atoms with van der Waals surface area (Å²) in [4.78, 5) is 18.6. The molecule has 1 saturated carbocycles. The Balaban J connectivity index is 1.50. The predicted molar refractivity (Wildman–Crippen MR) is 94.1 cm³/mol. The average molecular weight is 363 g/mol. The molecule has 1 aromatic heterocycles. The monoisotopic (exact) mass is 363 g/mol. The van der Waals surface area contributed by atoms with Crippen molar-refractivity contribution in [3.63, 3.8) is 0 Å². The Morgan fingerprint density at radius 3 is 2.76 bits per heavy atom. The van der Waals surface area contributed by atoms with Crippen molar-refractivity contribution in [3.05, 3.63) is 30.1 Å². The SMILES string of the molecule is O=C1CCC2(CCCN(S(=O)(=O)C3CC3)C2)CN1Cc1ccccn1. The van der Waals surface area contributed by atoms with Crippen LogP contribution in [0.15, 0.2) is 24.4 Å². The number of rotatable bonds is 4. The van der Waals surface area contributed by atoms with E-state index in [1.165, 1.54) is 0 Å². The Morgan fingerprint density at radius 2 is 2.04 bits per heavy atom. The van der Waals surface area contributed by atoms with Crippen LogP contribution in [0.5, 0.6) is 0 Å². The van der Waals surface area contributed by atoms with E-state index in [2.05, 4.69) is 4.98 Å². The fraction of sp³-hybridized carbons (Fsp3) is 0.667. The molecule has 3 fully saturated rings. The highest BCUT2D eigenvalue weighted by Gasteiger charge is 2.47. The van der Waals surface area contributed by atoms with Crippen LogP contribution < -0.4 is 0 Å². The minimum atomic E-state index is -3.14. The van der Waals surface area contributed by atoms with E-state index in [4.69, 9.17) is 0 Å². The molecule has 7 heteroatoms. The number of hydrogen-bond donors (Lipinski definition) is 0. The van der Waals surface area contributed by atoms with Gasteiger partial charge in [-0.2, -0.15) is 0 Å². The fourth-order valence-corrected chi connectivity index (χ4v) is 6.21. The second kappa shape index (κ2) is 6.36. The minimum Gasteiger partial charge on any atom is -0.336 e. The van der Waals surface area contributed by atoms with Crippen molar-refractivity contribution in [3.8, 4) is 0 Å². The first-order chi connectivity index (χ1) is 12.0. The van der Waals surface area contributed by atoms with Gasteiger partial charge in [0.05, 0.1) is 17.5 Å². The quantitative estimate of drug-likeness (QED) is 0.818. The Labute approximate surface area is 149 Å². The van der Waals surface area contributed by atoms with E-state index >= 15 is 0 Å². The number of sulfonamides is 1. The number of pyridine rings is 1. The summed E-state index contributed by atoms with van der Waals surface area (Å²) in [5.41, 5.74) is 0.786. The van der Waals surface area contributed by atoms with Gasteiger partial charge in [0, 0.05) is 37.7 Å². The minimum absolute atomic E-state index is 0.0943. The third-order valence-corrected chi connectivity index (χ3v) is 8.10. The first-order valence-electron chi connectivity index (χ1n) is 9.15. The van der Waals surface area contributed by atoms with E-state index in [-0.39, 0.29) is 16.6 Å². The predicted octanol–water partition coefficient (Wildman–Crippen LogP) is 1.78. The average Bonchev–Trinajstić information content (AvgIpc) is 3.45. The van der Waals surface area contributed by atoms with Crippen molar-refractivity contribution in [2.75, 3.05) is 19.6 Å². The molecule has 1 spiro atoms. The zero-order chi connectivity index (χ0) is 17.5. The number of nitrogens with zero attached hydrogens (tertiary/aromatic N) is 3. The molecule has 0 radical (unpaired) electrons. The fourth-order valence-electron chi connectivity index (χ4n) is 4.22. The Bertz CT molecular complexity index is 748. The third-order valence-electron chi connectivity index (χ3n) is 5.76. The molecule has 6 nitrogen and oxygen atoms in total. The van der Waals surface area contributed by atoms with Crippen LogP contribution in [-0.2, 0) is 21.4 Å². The van der Waals surface area contributed by atoms with Crippen LogP contribution in [-0.4, -0.2) is 53.4 Å². The van der Waals surface area contributed by atoms with E-state index in [1.807, 2.05) is 23.1 Å². The van der Waals surface area contributed by atoms with Gasteiger partial charge in [-0.25, -0.2) is 12.7 Å². The maximum Gasteiger partial charge on any atom is 0.222 e. The van der Waals surface area contributed by atoms with Gasteiger partial charge in [-0.3, -0.25) is 9.78 Å². The molecule has 1 amide bonds. The molecule has 3 aliphatic rings. The van der Waals surface area contributed by atoms with Crippen LogP contribution in [0, 0.1) is 5.41 Å². The molecule has 0 aromatic carbocycles. The normalized spacial score (nSPS) is 28.5. The number of piperidine rings is 2. The van der Waals surface area contributed by atoms with E-state index < -0.39 is 10.0 Å². The highest BCUT2D eigenvalue weighted by atomic mass is 32.2. The smallest absolute Gasteiger partial charge is 0.222 e. The summed E-state index contributed by atoms with van der Waals surface area (Å²) in [6, 6.07) is 5.72. The van der Waals surface area contributed by atoms with Gasteiger partial charge in [-0.05, 0) is 44.2 Å². The van der Waals surface area contributed by atoms with Gasteiger partial charge in [-0.1, -0.05) is 6.07 Å². The van der Waals surface area contributed by atoms with Gasteiger partial charge < -0.3 is 4.90 Å². The molecule has 0 N–H and O–H groups in total. The maximum absolute atomic E-state index is 12.6. The van der Waals surface area contributed by atoms with E-state index in [1.54, 1.807) is 10.5 Å². The van der Waals surface area contributed by atoms with Gasteiger partial charge in [0.15, 0.2) is 0 Å². The van der Waals surface area contributed by atoms with Crippen molar-refractivity contribution in [2.45, 2.75) is 50.3 Å². The molecule has 1 aromatic rings. The van der Waals surface area contributed by atoms with Crippen LogP contribution >= 0.6 is 0 Å². The summed E-state index contributed by atoms with van der Waals surface area (Å²) in [7, 11) is -3.14. The largest absolute Gasteiger partial charge is 0.336 e. The van der Waals surface area contributed by atoms with Crippen molar-refractivity contribution in [1.29, 1.82) is 0 Å². The van der Waals surface area contributed by atoms with E-state index in [9.17, 15) is 13.2 Å². The Morgan fingerprint density at radius 1 is 1.20 bits per heavy atom. The van der Waals surface area contributed by atoms with Crippen LogP contribution in [0.25, 0.3) is 0 Å². The standard InChI is InChI=1S/C18H25N3O3S/c22-17-7-9-18(13-20(17)12-15-4-1-2-10-19-15)8-3-11-21(14-18)25(23,24)16-5-6-16/h1-2,4,10,16H,3,5-9,11-14H2. The summed E-state index contributed by atoms with van der Waals surface area (Å²) >= 11 is 0. The second-order valence-corrected chi connectivity index (χ2v) is 9.97. The zero-order valence-electron chi connectivity index (χ0n) is 14.4.